The molecular formula is C18H24N4O4S3. The van der Waals surface area contributed by atoms with Crippen LogP contribution in [-0.4, -0.2) is 66.5 Å². The monoisotopic (exact) mass is 456 g/mol. The molecule has 0 aromatic carbocycles. The number of carboxylic acid groups (broad SMARTS) is 1. The molecule has 0 radical (unpaired) electrons. The van der Waals surface area contributed by atoms with E-state index in [9.17, 15) is 19.5 Å². The number of nitrogens with two attached hydrogens (primary N) is 1. The largest absolute Gasteiger partial charge is 0.480 e. The first-order valence-corrected chi connectivity index (χ1v) is 12.4. The number of thiazole rings is 1. The Kier molecular flexibility index (Phi) is 5.49. The first-order chi connectivity index (χ1) is 13.7. The zero-order valence-electron chi connectivity index (χ0n) is 16.2. The van der Waals surface area contributed by atoms with E-state index in [4.69, 9.17) is 5.73 Å². The van der Waals surface area contributed by atoms with Crippen LogP contribution in [0.2, 0.25) is 0 Å². The second-order valence-corrected chi connectivity index (χ2v) is 12.0. The average Bonchev–Trinajstić information content (AvgIpc) is 3.35. The van der Waals surface area contributed by atoms with Gasteiger partial charge in [-0.25, -0.2) is 9.78 Å². The van der Waals surface area contributed by atoms with E-state index in [-0.39, 0.29) is 17.2 Å². The SMILES string of the molecule is CC1(C)S[C@@H]2[C@H](NC(=O)C(CC3CCSC3)c3csc(N)n3)C(=O)N2[C@H]1C(=O)O. The molecule has 1 aromatic rings. The summed E-state index contributed by atoms with van der Waals surface area (Å²) in [7, 11) is 0. The highest BCUT2D eigenvalue weighted by atomic mass is 32.2. The number of carboxylic acids is 1. The molecule has 158 valence electrons. The number of carbonyl (C=O) groups excluding carboxylic acids is 2. The molecule has 0 bridgehead atoms. The minimum Gasteiger partial charge on any atom is -0.480 e. The molecule has 2 unspecified atom stereocenters. The Morgan fingerprint density at radius 3 is 2.83 bits per heavy atom. The van der Waals surface area contributed by atoms with Crippen molar-refractivity contribution in [1.82, 2.24) is 15.2 Å². The lowest BCUT2D eigenvalue weighted by atomic mass is 9.90. The summed E-state index contributed by atoms with van der Waals surface area (Å²) in [5, 5.41) is 14.3. The number of fused-ring (bicyclic) bond motifs is 1. The maximum absolute atomic E-state index is 13.2. The van der Waals surface area contributed by atoms with Gasteiger partial charge in [-0.3, -0.25) is 9.59 Å². The van der Waals surface area contributed by atoms with Crippen molar-refractivity contribution in [2.24, 2.45) is 5.92 Å². The van der Waals surface area contributed by atoms with E-state index in [1.54, 1.807) is 0 Å². The Labute approximate surface area is 181 Å². The van der Waals surface area contributed by atoms with Crippen LogP contribution in [0.3, 0.4) is 0 Å². The van der Waals surface area contributed by atoms with Crippen LogP contribution >= 0.6 is 34.9 Å². The number of β-lactam (4-membered cyclic amide) rings is 1. The second-order valence-electron chi connectivity index (χ2n) is 8.21. The number of nitrogen functional groups attached to an aromatic ring is 1. The molecule has 3 fully saturated rings. The number of thioether (sulfide) groups is 2. The summed E-state index contributed by atoms with van der Waals surface area (Å²) < 4.78 is -0.616. The zero-order chi connectivity index (χ0) is 20.9. The fourth-order valence-corrected chi connectivity index (χ4v) is 7.87. The fourth-order valence-electron chi connectivity index (χ4n) is 4.32. The van der Waals surface area contributed by atoms with Crippen LogP contribution < -0.4 is 11.1 Å². The van der Waals surface area contributed by atoms with Crippen molar-refractivity contribution in [2.75, 3.05) is 17.2 Å². The number of nitrogens with zero attached hydrogens (tertiary/aromatic N) is 2. The maximum atomic E-state index is 13.2. The molecule has 0 aliphatic carbocycles. The van der Waals surface area contributed by atoms with Crippen LogP contribution in [0, 0.1) is 5.92 Å². The molecule has 2 amide bonds. The number of aliphatic carboxylic acids is 1. The van der Waals surface area contributed by atoms with Crippen LogP contribution in [0.5, 0.6) is 0 Å². The molecule has 0 saturated carbocycles. The average molecular weight is 457 g/mol. The van der Waals surface area contributed by atoms with Crippen LogP contribution in [0.4, 0.5) is 5.13 Å². The number of anilines is 1. The molecule has 5 atom stereocenters. The fraction of sp³-hybridized carbons (Fsp3) is 0.667. The van der Waals surface area contributed by atoms with Crippen LogP contribution in [0.25, 0.3) is 0 Å². The van der Waals surface area contributed by atoms with E-state index >= 15 is 0 Å². The van der Waals surface area contributed by atoms with Crippen LogP contribution in [-0.2, 0) is 14.4 Å². The van der Waals surface area contributed by atoms with Gasteiger partial charge in [-0.05, 0) is 44.1 Å². The molecule has 8 nitrogen and oxygen atoms in total. The molecule has 29 heavy (non-hydrogen) atoms. The topological polar surface area (TPSA) is 126 Å². The quantitative estimate of drug-likeness (QED) is 0.551. The minimum absolute atomic E-state index is 0.234. The Balaban J connectivity index is 1.49. The lowest BCUT2D eigenvalue weighted by Gasteiger charge is -2.44. The maximum Gasteiger partial charge on any atom is 0.327 e. The summed E-state index contributed by atoms with van der Waals surface area (Å²) in [6, 6.07) is -1.59. The van der Waals surface area contributed by atoms with Crippen LogP contribution in [0.1, 0.15) is 38.3 Å². The molecule has 4 rings (SSSR count). The van der Waals surface area contributed by atoms with Crippen molar-refractivity contribution in [2.45, 2.75) is 54.8 Å². The third kappa shape index (κ3) is 3.72. The normalized spacial score (nSPS) is 31.2. The second kappa shape index (κ2) is 7.66. The van der Waals surface area contributed by atoms with Gasteiger partial charge in [0.2, 0.25) is 11.8 Å². The van der Waals surface area contributed by atoms with E-state index in [2.05, 4.69) is 10.3 Å². The van der Waals surface area contributed by atoms with Crippen molar-refractivity contribution in [1.29, 1.82) is 0 Å². The number of nitrogens with one attached hydrogen (secondary N) is 1. The predicted octanol–water partition coefficient (Wildman–Crippen LogP) is 1.58. The highest BCUT2D eigenvalue weighted by Gasteiger charge is 2.64. The summed E-state index contributed by atoms with van der Waals surface area (Å²) in [6.07, 6.45) is 1.74. The van der Waals surface area contributed by atoms with Crippen molar-refractivity contribution < 1.29 is 19.5 Å². The number of amides is 2. The van der Waals surface area contributed by atoms with E-state index in [0.717, 1.165) is 17.9 Å². The van der Waals surface area contributed by atoms with Gasteiger partial charge >= 0.3 is 5.97 Å². The van der Waals surface area contributed by atoms with Gasteiger partial charge in [0.05, 0.1) is 11.6 Å². The zero-order valence-corrected chi connectivity index (χ0v) is 18.6. The number of rotatable bonds is 6. The first kappa shape index (κ1) is 20.8. The summed E-state index contributed by atoms with van der Waals surface area (Å²) >= 11 is 4.62. The summed E-state index contributed by atoms with van der Waals surface area (Å²) in [5.41, 5.74) is 6.43. The molecule has 0 spiro atoms. The molecule has 4 N–H and O–H groups in total. The Hall–Kier alpha value is -1.46. The van der Waals surface area contributed by atoms with E-state index in [1.165, 1.54) is 28.0 Å². The molecule has 3 saturated heterocycles. The number of carbonyl (C=O) groups is 3. The molecule has 4 heterocycles. The summed E-state index contributed by atoms with van der Waals surface area (Å²) in [6.45, 7) is 3.64. The van der Waals surface area contributed by atoms with Gasteiger partial charge in [0, 0.05) is 10.1 Å². The lowest BCUT2D eigenvalue weighted by Crippen LogP contribution is -2.70. The Morgan fingerprint density at radius 1 is 1.48 bits per heavy atom. The highest BCUT2D eigenvalue weighted by Crippen LogP contribution is 2.51. The minimum atomic E-state index is -1.02. The standard InChI is InChI=1S/C18H24N4O4S3/c1-18(2)12(16(25)26)22-14(24)11(15(22)29-18)21-13(23)9(5-8-3-4-27-6-8)10-7-28-17(19)20-10/h7-9,11-12,15H,3-6H2,1-2H3,(H2,19,20)(H,21,23)(H,25,26)/t8?,9?,11-,12+,15-/m1/s1. The van der Waals surface area contributed by atoms with E-state index in [0.29, 0.717) is 23.2 Å². The van der Waals surface area contributed by atoms with Gasteiger partial charge in [-0.2, -0.15) is 11.8 Å². The van der Waals surface area contributed by atoms with Crippen molar-refractivity contribution >= 4 is 57.8 Å². The van der Waals surface area contributed by atoms with Gasteiger partial charge in [0.25, 0.3) is 0 Å². The van der Waals surface area contributed by atoms with Crippen LogP contribution in [0.15, 0.2) is 5.38 Å². The smallest absolute Gasteiger partial charge is 0.327 e. The third-order valence-corrected chi connectivity index (χ3v) is 9.27. The van der Waals surface area contributed by atoms with Crippen molar-refractivity contribution in [3.8, 4) is 0 Å². The van der Waals surface area contributed by atoms with Crippen molar-refractivity contribution in [3.05, 3.63) is 11.1 Å². The summed E-state index contributed by atoms with van der Waals surface area (Å²) in [4.78, 5) is 43.2. The molecule has 11 heteroatoms. The highest BCUT2D eigenvalue weighted by molar-refractivity contribution is 8.01. The van der Waals surface area contributed by atoms with Crippen molar-refractivity contribution in [3.63, 3.8) is 0 Å². The number of aromatic nitrogens is 1. The van der Waals surface area contributed by atoms with Gasteiger partial charge in [-0.15, -0.1) is 23.1 Å². The van der Waals surface area contributed by atoms with Gasteiger partial charge in [0.1, 0.15) is 17.5 Å². The molecule has 3 aliphatic heterocycles. The predicted molar refractivity (Wildman–Crippen MR) is 115 cm³/mol. The Morgan fingerprint density at radius 2 is 2.24 bits per heavy atom. The van der Waals surface area contributed by atoms with Gasteiger partial charge in [0.15, 0.2) is 5.13 Å². The Bertz CT molecular complexity index is 839. The van der Waals surface area contributed by atoms with Gasteiger partial charge < -0.3 is 21.1 Å². The molecule has 3 aliphatic rings. The van der Waals surface area contributed by atoms with E-state index in [1.807, 2.05) is 31.0 Å². The van der Waals surface area contributed by atoms with E-state index < -0.39 is 28.7 Å². The molecular weight excluding hydrogens is 432 g/mol. The first-order valence-electron chi connectivity index (χ1n) is 9.51. The van der Waals surface area contributed by atoms with Gasteiger partial charge in [-0.1, -0.05) is 0 Å². The lowest BCUT2D eigenvalue weighted by molar-refractivity contribution is -0.161. The third-order valence-electron chi connectivity index (χ3n) is 5.78. The molecule has 1 aromatic heterocycles. The summed E-state index contributed by atoms with van der Waals surface area (Å²) in [5.74, 6) is 0.514. The number of hydrogen-bond donors (Lipinski definition) is 3. The number of hydrogen-bond acceptors (Lipinski definition) is 8.